The molecule has 2 aliphatic carbocycles. The fourth-order valence-electron chi connectivity index (χ4n) is 2.92. The highest BCUT2D eigenvalue weighted by Crippen LogP contribution is 2.38. The van der Waals surface area contributed by atoms with Gasteiger partial charge >= 0.3 is 0 Å². The van der Waals surface area contributed by atoms with Crippen molar-refractivity contribution in [2.24, 2.45) is 5.92 Å². The van der Waals surface area contributed by atoms with Crippen LogP contribution in [0.25, 0.3) is 0 Å². The molecule has 18 heavy (non-hydrogen) atoms. The predicted molar refractivity (Wildman–Crippen MR) is 71.4 cm³/mol. The number of carbonyl (C=O) groups excluding carboxylic acids is 1. The van der Waals surface area contributed by atoms with Gasteiger partial charge in [0, 0.05) is 29.9 Å². The molecule has 0 spiro atoms. The number of amides is 1. The first-order valence-electron chi connectivity index (χ1n) is 7.12. The van der Waals surface area contributed by atoms with Gasteiger partial charge in [-0.05, 0) is 51.2 Å². The normalized spacial score (nSPS) is 19.7. The minimum absolute atomic E-state index is 0.248. The first kappa shape index (κ1) is 11.8. The molecule has 0 bridgehead atoms. The third kappa shape index (κ3) is 2.06. The number of hydrogen-bond donors (Lipinski definition) is 1. The molecule has 1 N–H and O–H groups in total. The van der Waals surface area contributed by atoms with Gasteiger partial charge in [0.25, 0.3) is 0 Å². The minimum atomic E-state index is 0.248. The van der Waals surface area contributed by atoms with E-state index >= 15 is 0 Å². The van der Waals surface area contributed by atoms with Crippen LogP contribution < -0.4 is 5.32 Å². The maximum absolute atomic E-state index is 11.8. The van der Waals surface area contributed by atoms with Crippen molar-refractivity contribution >= 4 is 5.91 Å². The van der Waals surface area contributed by atoms with E-state index in [2.05, 4.69) is 29.8 Å². The van der Waals surface area contributed by atoms with Crippen molar-refractivity contribution < 1.29 is 4.79 Å². The van der Waals surface area contributed by atoms with Crippen LogP contribution in [0.5, 0.6) is 0 Å². The van der Waals surface area contributed by atoms with Crippen LogP contribution in [-0.4, -0.2) is 10.5 Å². The summed E-state index contributed by atoms with van der Waals surface area (Å²) in [5.74, 6) is 0.536. The smallest absolute Gasteiger partial charge is 0.223 e. The molecule has 0 unspecified atom stereocenters. The minimum Gasteiger partial charge on any atom is -0.352 e. The molecule has 0 aliphatic heterocycles. The second-order valence-corrected chi connectivity index (χ2v) is 5.84. The number of hydrogen-bond acceptors (Lipinski definition) is 1. The number of aromatic nitrogens is 1. The van der Waals surface area contributed by atoms with Gasteiger partial charge in [0.1, 0.15) is 0 Å². The summed E-state index contributed by atoms with van der Waals surface area (Å²) < 4.78 is 2.44. The standard InChI is InChI=1S/C15H22N2O/c1-10-8-13(11(2)17(10)14-6-7-14)9-16-15(18)12-4-3-5-12/h8,12,14H,3-7,9H2,1-2H3,(H,16,18). The molecule has 1 aromatic heterocycles. The van der Waals surface area contributed by atoms with Gasteiger partial charge in [-0.15, -0.1) is 0 Å². The van der Waals surface area contributed by atoms with E-state index in [0.717, 1.165) is 18.9 Å². The van der Waals surface area contributed by atoms with Crippen LogP contribution in [0.1, 0.15) is 55.1 Å². The van der Waals surface area contributed by atoms with Crippen molar-refractivity contribution in [1.82, 2.24) is 9.88 Å². The second kappa shape index (κ2) is 4.45. The summed E-state index contributed by atoms with van der Waals surface area (Å²) in [7, 11) is 0. The zero-order chi connectivity index (χ0) is 12.7. The van der Waals surface area contributed by atoms with Crippen LogP contribution in [0.15, 0.2) is 6.07 Å². The van der Waals surface area contributed by atoms with Gasteiger partial charge in [-0.3, -0.25) is 4.79 Å². The highest BCUT2D eigenvalue weighted by atomic mass is 16.1. The Labute approximate surface area is 109 Å². The van der Waals surface area contributed by atoms with Crippen molar-refractivity contribution in [3.63, 3.8) is 0 Å². The summed E-state index contributed by atoms with van der Waals surface area (Å²) >= 11 is 0. The lowest BCUT2D eigenvalue weighted by molar-refractivity contribution is -0.127. The molecule has 3 heteroatoms. The molecule has 0 aromatic carbocycles. The highest BCUT2D eigenvalue weighted by Gasteiger charge is 2.28. The Balaban J connectivity index is 1.65. The summed E-state index contributed by atoms with van der Waals surface area (Å²) in [6.07, 6.45) is 5.99. The van der Waals surface area contributed by atoms with E-state index in [0.29, 0.717) is 6.54 Å². The second-order valence-electron chi connectivity index (χ2n) is 5.84. The van der Waals surface area contributed by atoms with Gasteiger partial charge in [0.05, 0.1) is 0 Å². The van der Waals surface area contributed by atoms with Crippen molar-refractivity contribution in [3.8, 4) is 0 Å². The lowest BCUT2D eigenvalue weighted by Gasteiger charge is -2.24. The summed E-state index contributed by atoms with van der Waals surface area (Å²) in [4.78, 5) is 11.8. The van der Waals surface area contributed by atoms with E-state index in [4.69, 9.17) is 0 Å². The molecular weight excluding hydrogens is 224 g/mol. The quantitative estimate of drug-likeness (QED) is 0.871. The number of nitrogens with zero attached hydrogens (tertiary/aromatic N) is 1. The average Bonchev–Trinajstić information content (AvgIpc) is 3.02. The monoisotopic (exact) mass is 246 g/mol. The Kier molecular flexibility index (Phi) is 2.92. The lowest BCUT2D eigenvalue weighted by atomic mass is 9.85. The van der Waals surface area contributed by atoms with Gasteiger partial charge in [-0.25, -0.2) is 0 Å². The zero-order valence-electron chi connectivity index (χ0n) is 11.3. The SMILES string of the molecule is Cc1cc(CNC(=O)C2CCC2)c(C)n1C1CC1. The summed E-state index contributed by atoms with van der Waals surface area (Å²) in [6, 6.07) is 2.95. The maximum atomic E-state index is 11.8. The van der Waals surface area contributed by atoms with E-state index in [1.165, 1.54) is 36.2 Å². The van der Waals surface area contributed by atoms with Gasteiger partial charge in [0.2, 0.25) is 5.91 Å². The highest BCUT2D eigenvalue weighted by molar-refractivity contribution is 5.79. The summed E-state index contributed by atoms with van der Waals surface area (Å²) in [5.41, 5.74) is 3.96. The molecule has 1 heterocycles. The number of carbonyl (C=O) groups is 1. The predicted octanol–water partition coefficient (Wildman–Crippen LogP) is 2.86. The summed E-state index contributed by atoms with van der Waals surface area (Å²) in [5, 5.41) is 3.09. The van der Waals surface area contributed by atoms with Gasteiger partial charge in [-0.2, -0.15) is 0 Å². The van der Waals surface area contributed by atoms with Crippen molar-refractivity contribution in [3.05, 3.63) is 23.0 Å². The van der Waals surface area contributed by atoms with E-state index in [1.54, 1.807) is 0 Å². The molecule has 1 aromatic rings. The molecule has 0 atom stereocenters. The van der Waals surface area contributed by atoms with Crippen LogP contribution in [0.3, 0.4) is 0 Å². The van der Waals surface area contributed by atoms with Gasteiger partial charge in [0.15, 0.2) is 0 Å². The third-order valence-corrected chi connectivity index (χ3v) is 4.43. The largest absolute Gasteiger partial charge is 0.352 e. The number of rotatable bonds is 4. The Morgan fingerprint density at radius 2 is 2.06 bits per heavy atom. The molecule has 2 saturated carbocycles. The van der Waals surface area contributed by atoms with Crippen LogP contribution in [0, 0.1) is 19.8 Å². The molecule has 0 saturated heterocycles. The topological polar surface area (TPSA) is 34.0 Å². The fraction of sp³-hybridized carbons (Fsp3) is 0.667. The molecular formula is C15H22N2O. The Morgan fingerprint density at radius 3 is 2.61 bits per heavy atom. The van der Waals surface area contributed by atoms with Crippen LogP contribution in [-0.2, 0) is 11.3 Å². The Hall–Kier alpha value is -1.25. The fourth-order valence-corrected chi connectivity index (χ4v) is 2.92. The van der Waals surface area contributed by atoms with Crippen molar-refractivity contribution in [1.29, 1.82) is 0 Å². The Morgan fingerprint density at radius 1 is 1.33 bits per heavy atom. The first-order chi connectivity index (χ1) is 8.66. The molecule has 0 radical (unpaired) electrons. The van der Waals surface area contributed by atoms with Crippen LogP contribution >= 0.6 is 0 Å². The van der Waals surface area contributed by atoms with Crippen molar-refractivity contribution in [2.75, 3.05) is 0 Å². The van der Waals surface area contributed by atoms with E-state index in [-0.39, 0.29) is 11.8 Å². The molecule has 98 valence electrons. The maximum Gasteiger partial charge on any atom is 0.223 e. The average molecular weight is 246 g/mol. The number of nitrogens with one attached hydrogen (secondary N) is 1. The molecule has 2 fully saturated rings. The summed E-state index contributed by atoms with van der Waals surface area (Å²) in [6.45, 7) is 5.04. The first-order valence-corrected chi connectivity index (χ1v) is 7.12. The van der Waals surface area contributed by atoms with E-state index in [9.17, 15) is 4.79 Å². The van der Waals surface area contributed by atoms with E-state index in [1.807, 2.05) is 0 Å². The molecule has 3 nitrogen and oxygen atoms in total. The third-order valence-electron chi connectivity index (χ3n) is 4.43. The van der Waals surface area contributed by atoms with Crippen molar-refractivity contribution in [2.45, 2.75) is 58.5 Å². The van der Waals surface area contributed by atoms with Crippen LogP contribution in [0.4, 0.5) is 0 Å². The van der Waals surface area contributed by atoms with E-state index < -0.39 is 0 Å². The zero-order valence-corrected chi connectivity index (χ0v) is 11.3. The molecule has 2 aliphatic rings. The van der Waals surface area contributed by atoms with Crippen LogP contribution in [0.2, 0.25) is 0 Å². The molecule has 1 amide bonds. The number of aryl methyl sites for hydroxylation is 1. The lowest BCUT2D eigenvalue weighted by Crippen LogP contribution is -2.34. The van der Waals surface area contributed by atoms with Gasteiger partial charge < -0.3 is 9.88 Å². The molecule has 3 rings (SSSR count). The van der Waals surface area contributed by atoms with Gasteiger partial charge in [-0.1, -0.05) is 6.42 Å². The Bertz CT molecular complexity index is 467.